The van der Waals surface area contributed by atoms with Gasteiger partial charge in [0.25, 0.3) is 0 Å². The van der Waals surface area contributed by atoms with Gasteiger partial charge < -0.3 is 9.84 Å². The summed E-state index contributed by atoms with van der Waals surface area (Å²) in [7, 11) is 0. The number of epoxide rings is 1. The number of piperidine rings is 1. The fourth-order valence-corrected chi connectivity index (χ4v) is 4.69. The Morgan fingerprint density at radius 1 is 1.19 bits per heavy atom. The van der Waals surface area contributed by atoms with Crippen molar-refractivity contribution >= 4 is 23.4 Å². The molecule has 0 bridgehead atoms. The van der Waals surface area contributed by atoms with Crippen LogP contribution in [0.5, 0.6) is 0 Å². The van der Waals surface area contributed by atoms with Crippen molar-refractivity contribution in [3.05, 3.63) is 0 Å². The molecular weight excluding hydrogens is 350 g/mol. The molecular formula is C20H29NO6. The van der Waals surface area contributed by atoms with Gasteiger partial charge in [-0.2, -0.15) is 0 Å². The monoisotopic (exact) mass is 379 g/mol. The highest BCUT2D eigenvalue weighted by molar-refractivity contribution is 6.03. The first-order chi connectivity index (χ1) is 12.7. The number of hydrogen-bond donors (Lipinski definition) is 1. The number of imide groups is 1. The van der Waals surface area contributed by atoms with Gasteiger partial charge in [0.05, 0.1) is 18.8 Å². The molecule has 1 saturated carbocycles. The summed E-state index contributed by atoms with van der Waals surface area (Å²) < 4.78 is 4.96. The van der Waals surface area contributed by atoms with E-state index in [2.05, 4.69) is 6.92 Å². The average Bonchev–Trinajstić information content (AvgIpc) is 3.41. The lowest BCUT2D eigenvalue weighted by Crippen LogP contribution is -2.52. The Balaban J connectivity index is 1.59. The lowest BCUT2D eigenvalue weighted by molar-refractivity contribution is -0.156. The van der Waals surface area contributed by atoms with E-state index in [-0.39, 0.29) is 54.5 Å². The molecule has 3 fully saturated rings. The zero-order chi connectivity index (χ0) is 19.9. The number of carbonyl (C=O) groups excluding carboxylic acids is 4. The molecule has 0 radical (unpaired) electrons. The fourth-order valence-electron chi connectivity index (χ4n) is 4.69. The molecule has 2 amide bonds. The molecule has 0 spiro atoms. The number of hydrogen-bond acceptors (Lipinski definition) is 6. The van der Waals surface area contributed by atoms with E-state index in [1.165, 1.54) is 0 Å². The van der Waals surface area contributed by atoms with Crippen molar-refractivity contribution in [3.8, 4) is 0 Å². The quantitative estimate of drug-likeness (QED) is 0.548. The summed E-state index contributed by atoms with van der Waals surface area (Å²) in [5, 5.41) is 10.6. The molecule has 150 valence electrons. The Hall–Kier alpha value is -1.60. The predicted octanol–water partition coefficient (Wildman–Crippen LogP) is 1.11. The van der Waals surface area contributed by atoms with Crippen LogP contribution in [0.15, 0.2) is 0 Å². The summed E-state index contributed by atoms with van der Waals surface area (Å²) >= 11 is 0. The lowest BCUT2D eigenvalue weighted by atomic mass is 9.71. The Labute approximate surface area is 159 Å². The van der Waals surface area contributed by atoms with E-state index in [0.717, 1.165) is 11.3 Å². The number of Topliss-reactive ketones (excluding diaryl/α,β-unsaturated/α-hetero) is 2. The van der Waals surface area contributed by atoms with Gasteiger partial charge in [-0.25, -0.2) is 0 Å². The van der Waals surface area contributed by atoms with Crippen LogP contribution < -0.4 is 0 Å². The first-order valence-electron chi connectivity index (χ1n) is 9.91. The molecule has 0 aromatic carbocycles. The zero-order valence-electron chi connectivity index (χ0n) is 16.2. The van der Waals surface area contributed by atoms with Crippen LogP contribution in [0.25, 0.3) is 0 Å². The molecule has 2 aliphatic heterocycles. The van der Waals surface area contributed by atoms with E-state index in [4.69, 9.17) is 4.74 Å². The molecule has 4 unspecified atom stereocenters. The van der Waals surface area contributed by atoms with E-state index < -0.39 is 24.2 Å². The van der Waals surface area contributed by atoms with Crippen LogP contribution in [-0.2, 0) is 23.9 Å². The van der Waals surface area contributed by atoms with E-state index in [9.17, 15) is 24.3 Å². The molecule has 7 nitrogen and oxygen atoms in total. The first-order valence-corrected chi connectivity index (χ1v) is 9.91. The Morgan fingerprint density at radius 3 is 2.33 bits per heavy atom. The van der Waals surface area contributed by atoms with Gasteiger partial charge in [0.2, 0.25) is 11.8 Å². The fraction of sp³-hybridized carbons (Fsp3) is 0.800. The average molecular weight is 379 g/mol. The van der Waals surface area contributed by atoms with Crippen molar-refractivity contribution in [2.45, 2.75) is 71.1 Å². The SMILES string of the molecule is CC1C[C@H](C)CC([C@H](O)CC2CC(=O)N(C(C)C(=O)C3CO3)C(=O)C2)C1=O. The Morgan fingerprint density at radius 2 is 1.78 bits per heavy atom. The smallest absolute Gasteiger partial charge is 0.230 e. The van der Waals surface area contributed by atoms with Gasteiger partial charge in [-0.15, -0.1) is 0 Å². The van der Waals surface area contributed by atoms with Gasteiger partial charge in [-0.05, 0) is 38.0 Å². The highest BCUT2D eigenvalue weighted by Crippen LogP contribution is 2.35. The maximum absolute atomic E-state index is 12.5. The Kier molecular flexibility index (Phi) is 5.82. The van der Waals surface area contributed by atoms with Crippen LogP contribution >= 0.6 is 0 Å². The summed E-state index contributed by atoms with van der Waals surface area (Å²) in [4.78, 5) is 50.6. The van der Waals surface area contributed by atoms with Crippen LogP contribution in [0, 0.1) is 23.7 Å². The van der Waals surface area contributed by atoms with Crippen molar-refractivity contribution < 1.29 is 29.0 Å². The second kappa shape index (κ2) is 7.80. The highest BCUT2D eigenvalue weighted by Gasteiger charge is 2.44. The molecule has 0 aromatic heterocycles. The number of likely N-dealkylation sites (tertiary alicyclic amines) is 1. The number of nitrogens with zero attached hydrogens (tertiary/aromatic N) is 1. The minimum atomic E-state index is -0.834. The number of ketones is 2. The third-order valence-electron chi connectivity index (χ3n) is 6.22. The van der Waals surface area contributed by atoms with Crippen molar-refractivity contribution in [1.82, 2.24) is 4.90 Å². The van der Waals surface area contributed by atoms with Crippen LogP contribution in [0.2, 0.25) is 0 Å². The number of ether oxygens (including phenoxy) is 1. The number of aliphatic hydroxyl groups is 1. The van der Waals surface area contributed by atoms with Crippen LogP contribution in [0.1, 0.15) is 52.9 Å². The molecule has 1 aliphatic carbocycles. The second-order valence-corrected chi connectivity index (χ2v) is 8.62. The van der Waals surface area contributed by atoms with Crippen LogP contribution in [0.4, 0.5) is 0 Å². The van der Waals surface area contributed by atoms with E-state index >= 15 is 0 Å². The second-order valence-electron chi connectivity index (χ2n) is 8.62. The van der Waals surface area contributed by atoms with Gasteiger partial charge in [0.15, 0.2) is 5.78 Å². The summed E-state index contributed by atoms with van der Waals surface area (Å²) in [6, 6.07) is -0.815. The van der Waals surface area contributed by atoms with Crippen LogP contribution in [-0.4, -0.2) is 58.2 Å². The molecule has 7 heteroatoms. The van der Waals surface area contributed by atoms with Crippen molar-refractivity contribution in [2.24, 2.45) is 23.7 Å². The molecule has 2 heterocycles. The van der Waals surface area contributed by atoms with Gasteiger partial charge in [-0.1, -0.05) is 13.8 Å². The minimum Gasteiger partial charge on any atom is -0.392 e. The molecule has 2 saturated heterocycles. The van der Waals surface area contributed by atoms with E-state index in [1.54, 1.807) is 6.92 Å². The molecule has 3 aliphatic rings. The number of amides is 2. The van der Waals surface area contributed by atoms with E-state index in [0.29, 0.717) is 18.9 Å². The number of rotatable bonds is 6. The molecule has 27 heavy (non-hydrogen) atoms. The summed E-state index contributed by atoms with van der Waals surface area (Å²) in [5.74, 6) is -1.34. The third kappa shape index (κ3) is 4.29. The molecule has 3 rings (SSSR count). The number of aliphatic hydroxyl groups excluding tert-OH is 1. The van der Waals surface area contributed by atoms with Crippen molar-refractivity contribution in [1.29, 1.82) is 0 Å². The molecule has 1 N–H and O–H groups in total. The van der Waals surface area contributed by atoms with Gasteiger partial charge >= 0.3 is 0 Å². The summed E-state index contributed by atoms with van der Waals surface area (Å²) in [6.45, 7) is 5.88. The molecule has 6 atom stereocenters. The minimum absolute atomic E-state index is 0.0602. The third-order valence-corrected chi connectivity index (χ3v) is 6.22. The zero-order valence-corrected chi connectivity index (χ0v) is 16.2. The standard InChI is InChI=1S/C20H29NO6/c1-10-4-11(2)19(25)14(5-10)15(22)6-13-7-17(23)21(18(24)8-13)12(3)20(26)16-9-27-16/h10-16,22H,4-9H2,1-3H3/t10-,11?,12?,14?,15+,16?/m0/s1. The maximum atomic E-state index is 12.5. The van der Waals surface area contributed by atoms with Gasteiger partial charge in [0.1, 0.15) is 11.9 Å². The maximum Gasteiger partial charge on any atom is 0.230 e. The van der Waals surface area contributed by atoms with Crippen molar-refractivity contribution in [3.63, 3.8) is 0 Å². The van der Waals surface area contributed by atoms with Crippen molar-refractivity contribution in [2.75, 3.05) is 6.61 Å². The molecule has 0 aromatic rings. The first kappa shape index (κ1) is 20.1. The largest absolute Gasteiger partial charge is 0.392 e. The predicted molar refractivity (Wildman–Crippen MR) is 95.5 cm³/mol. The van der Waals surface area contributed by atoms with Gasteiger partial charge in [-0.3, -0.25) is 24.1 Å². The summed E-state index contributed by atoms with van der Waals surface area (Å²) in [6.07, 6.45) is 0.636. The number of carbonyl (C=O) groups is 4. The lowest BCUT2D eigenvalue weighted by Gasteiger charge is -2.37. The summed E-state index contributed by atoms with van der Waals surface area (Å²) in [5.41, 5.74) is 0. The Bertz CT molecular complexity index is 624. The highest BCUT2D eigenvalue weighted by atomic mass is 16.6. The van der Waals surface area contributed by atoms with Gasteiger partial charge in [0, 0.05) is 24.7 Å². The van der Waals surface area contributed by atoms with Crippen LogP contribution in [0.3, 0.4) is 0 Å². The topological polar surface area (TPSA) is 104 Å². The van der Waals surface area contributed by atoms with E-state index in [1.807, 2.05) is 6.92 Å². The normalized spacial score (nSPS) is 34.5.